The van der Waals surface area contributed by atoms with E-state index in [4.69, 9.17) is 0 Å². The maximum atomic E-state index is 3.66. The number of hydrogen-bond donors (Lipinski definition) is 1. The molecule has 5 rings (SSSR count). The Kier molecular flexibility index (Phi) is 3.17. The van der Waals surface area contributed by atoms with Crippen molar-refractivity contribution in [3.8, 4) is 22.3 Å². The van der Waals surface area contributed by atoms with Crippen molar-refractivity contribution in [3.05, 3.63) is 97.1 Å². The largest absolute Gasteiger partial charge is 0.354 e. The van der Waals surface area contributed by atoms with Crippen LogP contribution < -0.4 is 0 Å². The molecule has 4 aromatic carbocycles. The number of aromatic nitrogens is 1. The van der Waals surface area contributed by atoms with E-state index in [0.717, 1.165) is 0 Å². The zero-order valence-corrected chi connectivity index (χ0v) is 13.7. The molecule has 118 valence electrons. The van der Waals surface area contributed by atoms with Gasteiger partial charge in [-0.05, 0) is 22.8 Å². The molecule has 0 spiro atoms. The van der Waals surface area contributed by atoms with Gasteiger partial charge in [-0.25, -0.2) is 0 Å². The van der Waals surface area contributed by atoms with Crippen LogP contribution in [0.4, 0.5) is 0 Å². The van der Waals surface area contributed by atoms with Crippen LogP contribution in [0, 0.1) is 0 Å². The molecule has 1 aromatic heterocycles. The molecule has 1 nitrogen and oxygen atoms in total. The van der Waals surface area contributed by atoms with Crippen molar-refractivity contribution in [1.82, 2.24) is 4.98 Å². The molecule has 0 radical (unpaired) electrons. The van der Waals surface area contributed by atoms with Crippen LogP contribution in [0.2, 0.25) is 0 Å². The summed E-state index contributed by atoms with van der Waals surface area (Å²) >= 11 is 0. The van der Waals surface area contributed by atoms with E-state index in [1.54, 1.807) is 0 Å². The van der Waals surface area contributed by atoms with Crippen LogP contribution >= 0.6 is 0 Å². The quantitative estimate of drug-likeness (QED) is 0.374. The Bertz CT molecular complexity index is 1170. The monoisotopic (exact) mass is 319 g/mol. The van der Waals surface area contributed by atoms with Crippen molar-refractivity contribution in [2.75, 3.05) is 0 Å². The van der Waals surface area contributed by atoms with E-state index in [1.807, 2.05) is 0 Å². The lowest BCUT2D eigenvalue weighted by Crippen LogP contribution is -1.80. The number of nitrogens with one attached hydrogen (secondary N) is 1. The van der Waals surface area contributed by atoms with E-state index in [2.05, 4.69) is 102 Å². The fourth-order valence-corrected chi connectivity index (χ4v) is 3.69. The van der Waals surface area contributed by atoms with Gasteiger partial charge in [0.25, 0.3) is 0 Å². The lowest BCUT2D eigenvalue weighted by atomic mass is 9.97. The van der Waals surface area contributed by atoms with Crippen LogP contribution in [0.25, 0.3) is 44.1 Å². The minimum atomic E-state index is 1.18. The average Bonchev–Trinajstić information content (AvgIpc) is 3.08. The molecule has 0 fully saturated rings. The van der Waals surface area contributed by atoms with Crippen molar-refractivity contribution in [2.24, 2.45) is 0 Å². The summed E-state index contributed by atoms with van der Waals surface area (Å²) in [5, 5.41) is 2.57. The SMILES string of the molecule is c1ccc(-c2cccc3c2[nH]c2cccc(-c4ccccc4)c23)cc1. The van der Waals surface area contributed by atoms with Crippen molar-refractivity contribution in [3.63, 3.8) is 0 Å². The van der Waals surface area contributed by atoms with Gasteiger partial charge in [-0.1, -0.05) is 91.0 Å². The molecule has 0 aliphatic carbocycles. The number of hydrogen-bond acceptors (Lipinski definition) is 0. The highest BCUT2D eigenvalue weighted by Crippen LogP contribution is 2.38. The van der Waals surface area contributed by atoms with Crippen LogP contribution in [-0.2, 0) is 0 Å². The van der Waals surface area contributed by atoms with Crippen molar-refractivity contribution in [1.29, 1.82) is 0 Å². The van der Waals surface area contributed by atoms with Gasteiger partial charge < -0.3 is 4.98 Å². The Hall–Kier alpha value is -3.32. The van der Waals surface area contributed by atoms with Gasteiger partial charge in [0, 0.05) is 21.9 Å². The predicted octanol–water partition coefficient (Wildman–Crippen LogP) is 6.66. The normalized spacial score (nSPS) is 11.2. The van der Waals surface area contributed by atoms with E-state index >= 15 is 0 Å². The third-order valence-electron chi connectivity index (χ3n) is 4.83. The van der Waals surface area contributed by atoms with Gasteiger partial charge in [-0.3, -0.25) is 0 Å². The maximum absolute atomic E-state index is 3.66. The van der Waals surface area contributed by atoms with Gasteiger partial charge in [-0.15, -0.1) is 0 Å². The van der Waals surface area contributed by atoms with Gasteiger partial charge in [0.05, 0.1) is 5.52 Å². The molecule has 25 heavy (non-hydrogen) atoms. The van der Waals surface area contributed by atoms with Gasteiger partial charge in [0.15, 0.2) is 0 Å². The number of para-hydroxylation sites is 1. The second-order valence-electron chi connectivity index (χ2n) is 6.31. The first-order chi connectivity index (χ1) is 12.4. The molecule has 1 heteroatoms. The summed E-state index contributed by atoms with van der Waals surface area (Å²) in [6.07, 6.45) is 0. The lowest BCUT2D eigenvalue weighted by molar-refractivity contribution is 1.53. The molecule has 0 aliphatic rings. The fourth-order valence-electron chi connectivity index (χ4n) is 3.69. The van der Waals surface area contributed by atoms with Crippen LogP contribution in [0.5, 0.6) is 0 Å². The molecule has 0 saturated carbocycles. The highest BCUT2D eigenvalue weighted by molar-refractivity contribution is 6.17. The molecular formula is C24H17N. The predicted molar refractivity (Wildman–Crippen MR) is 107 cm³/mol. The first kappa shape index (κ1) is 14.1. The van der Waals surface area contributed by atoms with Gasteiger partial charge in [0.2, 0.25) is 0 Å². The summed E-state index contributed by atoms with van der Waals surface area (Å²) in [6.45, 7) is 0. The van der Waals surface area contributed by atoms with Gasteiger partial charge >= 0.3 is 0 Å². The Morgan fingerprint density at radius 1 is 0.480 bits per heavy atom. The topological polar surface area (TPSA) is 15.8 Å². The van der Waals surface area contributed by atoms with Gasteiger partial charge in [-0.2, -0.15) is 0 Å². The standard InChI is InChI=1S/C24H17N/c1-3-9-17(10-4-1)19-13-8-16-22-23(19)21-15-7-14-20(24(21)25-22)18-11-5-2-6-12-18/h1-16,25H. The zero-order chi connectivity index (χ0) is 16.6. The molecule has 1 heterocycles. The van der Waals surface area contributed by atoms with Crippen LogP contribution in [0.1, 0.15) is 0 Å². The molecular weight excluding hydrogens is 302 g/mol. The fraction of sp³-hybridized carbons (Fsp3) is 0. The van der Waals surface area contributed by atoms with Crippen molar-refractivity contribution >= 4 is 21.8 Å². The Morgan fingerprint density at radius 3 is 1.80 bits per heavy atom. The number of fused-ring (bicyclic) bond motifs is 3. The summed E-state index contributed by atoms with van der Waals surface area (Å²) in [5.74, 6) is 0. The third-order valence-corrected chi connectivity index (χ3v) is 4.83. The maximum Gasteiger partial charge on any atom is 0.0544 e. The summed E-state index contributed by atoms with van der Waals surface area (Å²) in [7, 11) is 0. The number of benzene rings is 4. The molecule has 0 amide bonds. The molecule has 0 aliphatic heterocycles. The van der Waals surface area contributed by atoms with Gasteiger partial charge in [0.1, 0.15) is 0 Å². The summed E-state index contributed by atoms with van der Waals surface area (Å²) in [5.41, 5.74) is 7.38. The van der Waals surface area contributed by atoms with Crippen molar-refractivity contribution < 1.29 is 0 Å². The Labute approximate surface area is 146 Å². The smallest absolute Gasteiger partial charge is 0.0544 e. The first-order valence-corrected chi connectivity index (χ1v) is 8.56. The highest BCUT2D eigenvalue weighted by atomic mass is 14.7. The number of aromatic amines is 1. The Balaban J connectivity index is 1.87. The molecule has 5 aromatic rings. The number of rotatable bonds is 2. The molecule has 1 N–H and O–H groups in total. The molecule has 0 unspecified atom stereocenters. The lowest BCUT2D eigenvalue weighted by Gasteiger charge is -2.05. The van der Waals surface area contributed by atoms with Crippen molar-refractivity contribution in [2.45, 2.75) is 0 Å². The summed E-state index contributed by atoms with van der Waals surface area (Å²) < 4.78 is 0. The second kappa shape index (κ2) is 5.64. The average molecular weight is 319 g/mol. The summed E-state index contributed by atoms with van der Waals surface area (Å²) in [6, 6.07) is 34.2. The van der Waals surface area contributed by atoms with E-state index < -0.39 is 0 Å². The van der Waals surface area contributed by atoms with Crippen LogP contribution in [0.3, 0.4) is 0 Å². The molecule has 0 bridgehead atoms. The van der Waals surface area contributed by atoms with E-state index in [9.17, 15) is 0 Å². The second-order valence-corrected chi connectivity index (χ2v) is 6.31. The van der Waals surface area contributed by atoms with E-state index in [-0.39, 0.29) is 0 Å². The first-order valence-electron chi connectivity index (χ1n) is 8.56. The van der Waals surface area contributed by atoms with E-state index in [0.29, 0.717) is 0 Å². The molecule has 0 atom stereocenters. The third kappa shape index (κ3) is 2.25. The highest BCUT2D eigenvalue weighted by Gasteiger charge is 2.13. The molecule has 0 saturated heterocycles. The minimum absolute atomic E-state index is 1.18. The number of H-pyrrole nitrogens is 1. The Morgan fingerprint density at radius 2 is 1.08 bits per heavy atom. The summed E-state index contributed by atoms with van der Waals surface area (Å²) in [4.78, 5) is 3.66. The van der Waals surface area contributed by atoms with E-state index in [1.165, 1.54) is 44.1 Å². The van der Waals surface area contributed by atoms with Crippen LogP contribution in [-0.4, -0.2) is 4.98 Å². The minimum Gasteiger partial charge on any atom is -0.354 e. The zero-order valence-electron chi connectivity index (χ0n) is 13.7. The van der Waals surface area contributed by atoms with Crippen LogP contribution in [0.15, 0.2) is 97.1 Å².